The molecule has 2 aliphatic rings. The van der Waals surface area contributed by atoms with Crippen molar-refractivity contribution in [3.05, 3.63) is 93.8 Å². The van der Waals surface area contributed by atoms with Crippen LogP contribution in [0.4, 0.5) is 11.4 Å². The number of thiocarbonyl (C=S) groups is 1. The third-order valence-corrected chi connectivity index (χ3v) is 8.16. The minimum Gasteiger partial charge on any atom is -0.365 e. The van der Waals surface area contributed by atoms with Crippen LogP contribution in [0.5, 0.6) is 0 Å². The van der Waals surface area contributed by atoms with Crippen molar-refractivity contribution in [1.29, 1.82) is 0 Å². The number of aromatic nitrogens is 1. The lowest BCUT2D eigenvalue weighted by Crippen LogP contribution is -2.42. The zero-order valence-electron chi connectivity index (χ0n) is 21.1. The van der Waals surface area contributed by atoms with E-state index in [-0.39, 0.29) is 17.6 Å². The van der Waals surface area contributed by atoms with Crippen molar-refractivity contribution < 1.29 is 0 Å². The molecule has 1 fully saturated rings. The molecule has 6 heteroatoms. The minimum absolute atomic E-state index is 0.0830. The number of pyridine rings is 1. The number of likely N-dealkylation sites (N-methyl/N-ethyl adjacent to an activating group) is 1. The monoisotopic (exact) mass is 502 g/mol. The van der Waals surface area contributed by atoms with Gasteiger partial charge in [0.15, 0.2) is 5.11 Å². The quantitative estimate of drug-likeness (QED) is 0.384. The number of nitrogens with zero attached hydrogens (tertiary/aromatic N) is 3. The number of nitrogens with one attached hydrogen (secondary N) is 1. The molecule has 2 unspecified atom stereocenters. The van der Waals surface area contributed by atoms with Crippen LogP contribution in [0.1, 0.15) is 60.8 Å². The van der Waals surface area contributed by atoms with Crippen LogP contribution < -0.4 is 15.1 Å². The first kappa shape index (κ1) is 23.8. The van der Waals surface area contributed by atoms with E-state index in [9.17, 15) is 0 Å². The highest BCUT2D eigenvalue weighted by Crippen LogP contribution is 2.48. The highest BCUT2D eigenvalue weighted by atomic mass is 35.5. The van der Waals surface area contributed by atoms with Crippen LogP contribution in [0.25, 0.3) is 5.57 Å². The molecule has 0 amide bonds. The Morgan fingerprint density at radius 1 is 1.03 bits per heavy atom. The Hall–Kier alpha value is -2.89. The molecule has 2 aromatic carbocycles. The molecule has 1 N–H and O–H groups in total. The molecule has 1 saturated heterocycles. The number of fused-ring (bicyclic) bond motifs is 1. The molecule has 5 rings (SSSR count). The van der Waals surface area contributed by atoms with E-state index >= 15 is 0 Å². The molecule has 2 aliphatic heterocycles. The summed E-state index contributed by atoms with van der Waals surface area (Å²) in [6.07, 6.45) is 4.15. The predicted octanol–water partition coefficient (Wildman–Crippen LogP) is 7.16. The third-order valence-electron chi connectivity index (χ3n) is 7.52. The summed E-state index contributed by atoms with van der Waals surface area (Å²) in [7, 11) is 2.13. The topological polar surface area (TPSA) is 31.4 Å². The molecular formula is C29H31ClN4S. The van der Waals surface area contributed by atoms with E-state index in [1.165, 1.54) is 22.3 Å². The normalized spacial score (nSPS) is 21.0. The third kappa shape index (κ3) is 4.01. The molecular weight excluding hydrogens is 472 g/mol. The number of hydrogen-bond acceptors (Lipinski definition) is 3. The largest absolute Gasteiger partial charge is 0.365 e. The molecule has 0 bridgehead atoms. The van der Waals surface area contributed by atoms with Crippen molar-refractivity contribution in [2.75, 3.05) is 16.8 Å². The predicted molar refractivity (Wildman–Crippen MR) is 151 cm³/mol. The van der Waals surface area contributed by atoms with Gasteiger partial charge in [0.25, 0.3) is 0 Å². The molecule has 1 aromatic heterocycles. The van der Waals surface area contributed by atoms with Gasteiger partial charge in [-0.2, -0.15) is 0 Å². The van der Waals surface area contributed by atoms with Gasteiger partial charge in [-0.3, -0.25) is 4.98 Å². The number of rotatable bonds is 3. The van der Waals surface area contributed by atoms with Gasteiger partial charge in [-0.25, -0.2) is 0 Å². The second kappa shape index (κ2) is 8.65. The van der Waals surface area contributed by atoms with Crippen LogP contribution in [0.3, 0.4) is 0 Å². The summed E-state index contributed by atoms with van der Waals surface area (Å²) in [4.78, 5) is 9.17. The number of hydrogen-bond donors (Lipinski definition) is 1. The van der Waals surface area contributed by atoms with Crippen molar-refractivity contribution in [2.24, 2.45) is 0 Å². The number of benzene rings is 2. The van der Waals surface area contributed by atoms with Gasteiger partial charge in [-0.1, -0.05) is 29.8 Å². The number of halogens is 1. The first-order valence-corrected chi connectivity index (χ1v) is 12.7. The average Bonchev–Trinajstić information content (AvgIpc) is 3.16. The first-order chi connectivity index (χ1) is 16.6. The van der Waals surface area contributed by atoms with Crippen LogP contribution >= 0.6 is 23.8 Å². The molecule has 0 aliphatic carbocycles. The SMILES string of the molecule is CC1=CC(C)(C)N(C)c2cc(Cl)c(C3C(c4ccccn4)NC(=S)N3c3ccc(C)c(C)c3)cc21. The summed E-state index contributed by atoms with van der Waals surface area (Å²) < 4.78 is 0. The maximum absolute atomic E-state index is 7.09. The van der Waals surface area contributed by atoms with Crippen molar-refractivity contribution in [3.63, 3.8) is 0 Å². The van der Waals surface area contributed by atoms with Gasteiger partial charge >= 0.3 is 0 Å². The fourth-order valence-corrected chi connectivity index (χ4v) is 5.85. The van der Waals surface area contributed by atoms with Crippen LogP contribution in [0.2, 0.25) is 5.02 Å². The highest BCUT2D eigenvalue weighted by molar-refractivity contribution is 7.80. The molecule has 3 aromatic rings. The van der Waals surface area contributed by atoms with Gasteiger partial charge in [0.05, 0.1) is 23.3 Å². The van der Waals surface area contributed by atoms with Gasteiger partial charge in [0.1, 0.15) is 0 Å². The van der Waals surface area contributed by atoms with Gasteiger partial charge in [-0.05, 0) is 105 Å². The zero-order valence-corrected chi connectivity index (χ0v) is 22.6. The van der Waals surface area contributed by atoms with Gasteiger partial charge < -0.3 is 15.1 Å². The fourth-order valence-electron chi connectivity index (χ4n) is 5.24. The van der Waals surface area contributed by atoms with E-state index < -0.39 is 0 Å². The Bertz CT molecular complexity index is 1350. The maximum atomic E-state index is 7.09. The zero-order chi connectivity index (χ0) is 25.1. The Kier molecular flexibility index (Phi) is 5.89. The molecule has 0 saturated carbocycles. The minimum atomic E-state index is -0.148. The standard InChI is InChI=1S/C29H31ClN4S/c1-17-10-11-20(13-18(17)2)34-27(26(32-28(34)35)24-9-7-8-12-31-24)22-14-21-19(3)16-29(4,5)33(6)25(21)15-23(22)30/h7-16,26-27H,1-6H3,(H,32,35). The summed E-state index contributed by atoms with van der Waals surface area (Å²) in [5, 5.41) is 4.96. The summed E-state index contributed by atoms with van der Waals surface area (Å²) in [6.45, 7) is 10.9. The van der Waals surface area contributed by atoms with Crippen LogP contribution in [-0.2, 0) is 0 Å². The second-order valence-electron chi connectivity index (χ2n) is 10.2. The fraction of sp³-hybridized carbons (Fsp3) is 0.310. The average molecular weight is 503 g/mol. The van der Waals surface area contributed by atoms with Gasteiger partial charge in [0, 0.05) is 35.2 Å². The van der Waals surface area contributed by atoms with Gasteiger partial charge in [0.2, 0.25) is 0 Å². The van der Waals surface area contributed by atoms with E-state index in [4.69, 9.17) is 23.8 Å². The van der Waals surface area contributed by atoms with E-state index in [2.05, 4.69) is 98.2 Å². The van der Waals surface area contributed by atoms with E-state index in [0.717, 1.165) is 27.7 Å². The lowest BCUT2D eigenvalue weighted by molar-refractivity contribution is 0.567. The molecule has 2 atom stereocenters. The number of allylic oxidation sites excluding steroid dienone is 1. The van der Waals surface area contributed by atoms with Crippen LogP contribution in [0, 0.1) is 13.8 Å². The van der Waals surface area contributed by atoms with Crippen molar-refractivity contribution in [1.82, 2.24) is 10.3 Å². The van der Waals surface area contributed by atoms with E-state index in [0.29, 0.717) is 5.11 Å². The Morgan fingerprint density at radius 3 is 2.49 bits per heavy atom. The number of anilines is 2. The Balaban J connectivity index is 1.71. The highest BCUT2D eigenvalue weighted by Gasteiger charge is 2.42. The molecule has 35 heavy (non-hydrogen) atoms. The first-order valence-electron chi connectivity index (χ1n) is 11.9. The summed E-state index contributed by atoms with van der Waals surface area (Å²) in [5.74, 6) is 0. The van der Waals surface area contributed by atoms with Crippen LogP contribution in [-0.4, -0.2) is 22.7 Å². The molecule has 4 nitrogen and oxygen atoms in total. The van der Waals surface area contributed by atoms with E-state index in [1.807, 2.05) is 24.4 Å². The smallest absolute Gasteiger partial charge is 0.174 e. The van der Waals surface area contributed by atoms with Gasteiger partial charge in [-0.15, -0.1) is 0 Å². The summed E-state index contributed by atoms with van der Waals surface area (Å²) >= 11 is 13.0. The Morgan fingerprint density at radius 2 is 1.80 bits per heavy atom. The molecule has 0 radical (unpaired) electrons. The Labute approximate surface area is 218 Å². The van der Waals surface area contributed by atoms with E-state index in [1.54, 1.807) is 0 Å². The van der Waals surface area contributed by atoms with Crippen molar-refractivity contribution in [2.45, 2.75) is 52.2 Å². The van der Waals surface area contributed by atoms with Crippen LogP contribution in [0.15, 0.2) is 60.8 Å². The lowest BCUT2D eigenvalue weighted by Gasteiger charge is -2.41. The van der Waals surface area contributed by atoms with Crippen molar-refractivity contribution >= 4 is 45.9 Å². The molecule has 180 valence electrons. The number of aryl methyl sites for hydroxylation is 2. The summed E-state index contributed by atoms with van der Waals surface area (Å²) in [6, 6.07) is 16.6. The van der Waals surface area contributed by atoms with Crippen molar-refractivity contribution in [3.8, 4) is 0 Å². The lowest BCUT2D eigenvalue weighted by atomic mass is 9.86. The maximum Gasteiger partial charge on any atom is 0.174 e. The second-order valence-corrected chi connectivity index (χ2v) is 11.0. The molecule has 3 heterocycles. The summed E-state index contributed by atoms with van der Waals surface area (Å²) in [5.41, 5.74) is 9.01. The molecule has 0 spiro atoms.